The van der Waals surface area contributed by atoms with Crippen LogP contribution in [0.1, 0.15) is 50.1 Å². The van der Waals surface area contributed by atoms with E-state index in [-0.39, 0.29) is 18.0 Å². The fourth-order valence-corrected chi connectivity index (χ4v) is 3.91. The maximum atomic E-state index is 12.8. The summed E-state index contributed by atoms with van der Waals surface area (Å²) in [6.45, 7) is 5.71. The Morgan fingerprint density at radius 3 is 2.43 bits per heavy atom. The third-order valence-corrected chi connectivity index (χ3v) is 5.55. The number of hydrogen-bond acceptors (Lipinski definition) is 3. The van der Waals surface area contributed by atoms with Gasteiger partial charge in [0.2, 0.25) is 0 Å². The van der Waals surface area contributed by atoms with Crippen molar-refractivity contribution in [3.8, 4) is 0 Å². The molecule has 2 aromatic carbocycles. The van der Waals surface area contributed by atoms with Gasteiger partial charge in [0, 0.05) is 19.0 Å². The summed E-state index contributed by atoms with van der Waals surface area (Å²) in [5.41, 5.74) is 2.88. The summed E-state index contributed by atoms with van der Waals surface area (Å²) in [4.78, 5) is 19.4. The number of nitrogens with one attached hydrogen (secondary N) is 1. The Morgan fingerprint density at radius 1 is 1.07 bits per heavy atom. The Balaban J connectivity index is 1.38. The molecule has 5 heteroatoms. The second-order valence-electron chi connectivity index (χ2n) is 7.86. The van der Waals surface area contributed by atoms with Crippen molar-refractivity contribution in [2.24, 2.45) is 5.92 Å². The predicted octanol–water partition coefficient (Wildman–Crippen LogP) is 5.11. The highest BCUT2D eigenvalue weighted by molar-refractivity contribution is 5.75. The first-order chi connectivity index (χ1) is 13.6. The molecule has 1 unspecified atom stereocenters. The Hall–Kier alpha value is -2.82. The standard InChI is InChI=1S/C23H27N3O2/c1-16(2)21(17-8-4-3-5-9-17)25-23(27)26-14-12-18(13-15-26)22-24-19-10-6-7-11-20(19)28-22/h3-11,16,18,21H,12-15H2,1-2H3,(H,25,27). The molecule has 1 N–H and O–H groups in total. The van der Waals surface area contributed by atoms with Crippen LogP contribution >= 0.6 is 0 Å². The fourth-order valence-electron chi connectivity index (χ4n) is 3.91. The zero-order valence-electron chi connectivity index (χ0n) is 16.5. The van der Waals surface area contributed by atoms with Crippen LogP contribution in [0.5, 0.6) is 0 Å². The van der Waals surface area contributed by atoms with E-state index < -0.39 is 0 Å². The highest BCUT2D eigenvalue weighted by Gasteiger charge is 2.28. The molecule has 0 bridgehead atoms. The molecule has 4 rings (SSSR count). The molecular weight excluding hydrogens is 350 g/mol. The SMILES string of the molecule is CC(C)C(NC(=O)N1CCC(c2nc3ccccc3o2)CC1)c1ccccc1. The van der Waals surface area contributed by atoms with Crippen molar-refractivity contribution < 1.29 is 9.21 Å². The molecule has 0 aliphatic carbocycles. The van der Waals surface area contributed by atoms with Gasteiger partial charge in [-0.15, -0.1) is 0 Å². The van der Waals surface area contributed by atoms with Crippen LogP contribution in [-0.4, -0.2) is 29.0 Å². The van der Waals surface area contributed by atoms with Crippen molar-refractivity contribution in [2.75, 3.05) is 13.1 Å². The fraction of sp³-hybridized carbons (Fsp3) is 0.391. The summed E-state index contributed by atoms with van der Waals surface area (Å²) in [5.74, 6) is 1.39. The number of oxazole rings is 1. The topological polar surface area (TPSA) is 58.4 Å². The van der Waals surface area contributed by atoms with E-state index in [0.29, 0.717) is 5.92 Å². The molecule has 5 nitrogen and oxygen atoms in total. The molecule has 0 saturated carbocycles. The van der Waals surface area contributed by atoms with Gasteiger partial charge >= 0.3 is 6.03 Å². The number of benzene rings is 2. The van der Waals surface area contributed by atoms with Gasteiger partial charge in [-0.25, -0.2) is 9.78 Å². The smallest absolute Gasteiger partial charge is 0.317 e. The molecule has 2 amide bonds. The van der Waals surface area contributed by atoms with Crippen LogP contribution in [0.3, 0.4) is 0 Å². The minimum Gasteiger partial charge on any atom is -0.440 e. The number of urea groups is 1. The Labute approximate surface area is 165 Å². The van der Waals surface area contributed by atoms with Gasteiger partial charge in [0.15, 0.2) is 11.5 Å². The number of fused-ring (bicyclic) bond motifs is 1. The molecule has 2 heterocycles. The molecular formula is C23H27N3O2. The molecule has 0 radical (unpaired) electrons. The monoisotopic (exact) mass is 377 g/mol. The Morgan fingerprint density at radius 2 is 1.75 bits per heavy atom. The van der Waals surface area contributed by atoms with Crippen molar-refractivity contribution in [2.45, 2.75) is 38.6 Å². The number of hydrogen-bond donors (Lipinski definition) is 1. The summed E-state index contributed by atoms with van der Waals surface area (Å²) in [6, 6.07) is 18.1. The lowest BCUT2D eigenvalue weighted by Gasteiger charge is -2.33. The Bertz CT molecular complexity index is 894. The quantitative estimate of drug-likeness (QED) is 0.687. The van der Waals surface area contributed by atoms with Crippen LogP contribution in [0.15, 0.2) is 59.0 Å². The average Bonchev–Trinajstić information content (AvgIpc) is 3.16. The zero-order valence-corrected chi connectivity index (χ0v) is 16.5. The third-order valence-electron chi connectivity index (χ3n) is 5.55. The van der Waals surface area contributed by atoms with Crippen molar-refractivity contribution >= 4 is 17.1 Å². The highest BCUT2D eigenvalue weighted by Crippen LogP contribution is 2.30. The van der Waals surface area contributed by atoms with Crippen LogP contribution in [0.4, 0.5) is 4.79 Å². The molecule has 1 aromatic heterocycles. The summed E-state index contributed by atoms with van der Waals surface area (Å²) >= 11 is 0. The minimum atomic E-state index is 0.0126. The van der Waals surface area contributed by atoms with Crippen LogP contribution in [0.2, 0.25) is 0 Å². The summed E-state index contributed by atoms with van der Waals surface area (Å²) in [5, 5.41) is 3.23. The molecule has 1 aliphatic rings. The van der Waals surface area contributed by atoms with Gasteiger partial charge in [-0.2, -0.15) is 0 Å². The molecule has 1 atom stereocenters. The van der Waals surface area contributed by atoms with Crippen molar-refractivity contribution in [1.29, 1.82) is 0 Å². The number of carbonyl (C=O) groups excluding carboxylic acids is 1. The summed E-state index contributed by atoms with van der Waals surface area (Å²) < 4.78 is 5.93. The third kappa shape index (κ3) is 3.88. The van der Waals surface area contributed by atoms with Gasteiger partial charge in [0.1, 0.15) is 5.52 Å². The normalized spacial score (nSPS) is 16.5. The number of aromatic nitrogens is 1. The van der Waals surface area contributed by atoms with Gasteiger partial charge in [0.05, 0.1) is 6.04 Å². The van der Waals surface area contributed by atoms with Crippen LogP contribution in [0, 0.1) is 5.92 Å². The maximum absolute atomic E-state index is 12.8. The first-order valence-electron chi connectivity index (χ1n) is 10.1. The number of carbonyl (C=O) groups is 1. The number of piperidine rings is 1. The second-order valence-corrected chi connectivity index (χ2v) is 7.86. The van der Waals surface area contributed by atoms with E-state index in [1.807, 2.05) is 47.4 Å². The lowest BCUT2D eigenvalue weighted by atomic mass is 9.95. The number of para-hydroxylation sites is 2. The lowest BCUT2D eigenvalue weighted by molar-refractivity contribution is 0.171. The number of nitrogens with zero attached hydrogens (tertiary/aromatic N) is 2. The molecule has 1 fully saturated rings. The van der Waals surface area contributed by atoms with E-state index in [2.05, 4.69) is 36.3 Å². The molecule has 0 spiro atoms. The van der Waals surface area contributed by atoms with E-state index in [9.17, 15) is 4.79 Å². The van der Waals surface area contributed by atoms with Gasteiger partial charge in [-0.1, -0.05) is 56.3 Å². The van der Waals surface area contributed by atoms with E-state index >= 15 is 0 Å². The molecule has 3 aromatic rings. The number of likely N-dealkylation sites (tertiary alicyclic amines) is 1. The lowest BCUT2D eigenvalue weighted by Crippen LogP contribution is -2.46. The summed E-state index contributed by atoms with van der Waals surface area (Å²) in [6.07, 6.45) is 1.75. The average molecular weight is 377 g/mol. The number of rotatable bonds is 4. The van der Waals surface area contributed by atoms with Crippen LogP contribution in [0.25, 0.3) is 11.1 Å². The van der Waals surface area contributed by atoms with Crippen molar-refractivity contribution in [3.05, 3.63) is 66.1 Å². The van der Waals surface area contributed by atoms with E-state index in [1.165, 1.54) is 0 Å². The van der Waals surface area contributed by atoms with E-state index in [4.69, 9.17) is 4.42 Å². The molecule has 28 heavy (non-hydrogen) atoms. The Kier molecular flexibility index (Phi) is 5.33. The first-order valence-corrected chi connectivity index (χ1v) is 10.1. The molecule has 146 valence electrons. The van der Waals surface area contributed by atoms with Gasteiger partial charge in [-0.05, 0) is 36.5 Å². The van der Waals surface area contributed by atoms with Crippen molar-refractivity contribution in [3.63, 3.8) is 0 Å². The predicted molar refractivity (Wildman–Crippen MR) is 110 cm³/mol. The molecule has 1 saturated heterocycles. The van der Waals surface area contributed by atoms with Crippen LogP contribution in [-0.2, 0) is 0 Å². The van der Waals surface area contributed by atoms with Gasteiger partial charge in [0.25, 0.3) is 0 Å². The number of amides is 2. The largest absolute Gasteiger partial charge is 0.440 e. The second kappa shape index (κ2) is 8.05. The minimum absolute atomic E-state index is 0.0126. The first kappa shape index (κ1) is 18.5. The highest BCUT2D eigenvalue weighted by atomic mass is 16.3. The van der Waals surface area contributed by atoms with E-state index in [1.54, 1.807) is 0 Å². The van der Waals surface area contributed by atoms with E-state index in [0.717, 1.165) is 48.5 Å². The zero-order chi connectivity index (χ0) is 19.5. The summed E-state index contributed by atoms with van der Waals surface area (Å²) in [7, 11) is 0. The van der Waals surface area contributed by atoms with Crippen molar-refractivity contribution in [1.82, 2.24) is 15.2 Å². The van der Waals surface area contributed by atoms with Crippen LogP contribution < -0.4 is 5.32 Å². The van der Waals surface area contributed by atoms with Gasteiger partial charge < -0.3 is 14.6 Å². The molecule has 1 aliphatic heterocycles. The maximum Gasteiger partial charge on any atom is 0.317 e. The van der Waals surface area contributed by atoms with Gasteiger partial charge in [-0.3, -0.25) is 0 Å².